The van der Waals surface area contributed by atoms with E-state index in [1.165, 1.54) is 38.5 Å². The standard InChI is InChI=1S/C19H28O/c1-18-9-3-4-16(18)15-6-5-13-12-14(20)7-11-19(13,2)17(15)8-10-18/h3,9,13,15-17H,4-8,10-12H2,1-2H3/t13-,15-,16-,17-,18-,19-/m0/s1/i2+2. The Hall–Kier alpha value is -0.590. The normalized spacial score (nSPS) is 54.2. The summed E-state index contributed by atoms with van der Waals surface area (Å²) in [5.41, 5.74) is 0.968. The quantitative estimate of drug-likeness (QED) is 0.582. The van der Waals surface area contributed by atoms with Gasteiger partial charge < -0.3 is 0 Å². The topological polar surface area (TPSA) is 17.1 Å². The highest BCUT2D eigenvalue weighted by Crippen LogP contribution is 2.64. The van der Waals surface area contributed by atoms with Gasteiger partial charge in [0.05, 0.1) is 0 Å². The third-order valence-corrected chi connectivity index (χ3v) is 7.81. The van der Waals surface area contributed by atoms with Crippen LogP contribution in [0.15, 0.2) is 12.2 Å². The lowest BCUT2D eigenvalue weighted by molar-refractivity contribution is -0.136. The number of hydrogen-bond acceptors (Lipinski definition) is 1. The summed E-state index contributed by atoms with van der Waals surface area (Å²) in [5, 5.41) is 0. The largest absolute Gasteiger partial charge is 0.300 e. The van der Waals surface area contributed by atoms with E-state index in [0.29, 0.717) is 22.5 Å². The molecule has 6 atom stereocenters. The van der Waals surface area contributed by atoms with Crippen molar-refractivity contribution in [3.05, 3.63) is 12.2 Å². The number of Topliss-reactive ketones (excluding diaryl/α,β-unsaturated/α-hetero) is 1. The second-order valence-corrected chi connectivity index (χ2v) is 8.58. The van der Waals surface area contributed by atoms with Gasteiger partial charge in [-0.2, -0.15) is 0 Å². The molecule has 4 aliphatic rings. The Morgan fingerprint density at radius 1 is 1.20 bits per heavy atom. The minimum atomic E-state index is 0.473. The molecule has 0 amide bonds. The van der Waals surface area contributed by atoms with Crippen molar-refractivity contribution in [2.45, 2.75) is 65.2 Å². The Morgan fingerprint density at radius 3 is 2.90 bits per heavy atom. The first kappa shape index (κ1) is 13.1. The first-order valence-electron chi connectivity index (χ1n) is 8.72. The fourth-order valence-electron chi connectivity index (χ4n) is 6.53. The predicted octanol–water partition coefficient (Wildman–Crippen LogP) is 4.76. The molecule has 0 aliphatic heterocycles. The Balaban J connectivity index is 1.64. The molecule has 0 aromatic rings. The first-order chi connectivity index (χ1) is 9.53. The van der Waals surface area contributed by atoms with Crippen molar-refractivity contribution in [3.8, 4) is 0 Å². The molecule has 0 heterocycles. The average molecular weight is 274 g/mol. The van der Waals surface area contributed by atoms with Crippen LogP contribution in [0.3, 0.4) is 0 Å². The van der Waals surface area contributed by atoms with Gasteiger partial charge in [-0.25, -0.2) is 0 Å². The number of fused-ring (bicyclic) bond motifs is 5. The molecule has 0 saturated heterocycles. The van der Waals surface area contributed by atoms with Gasteiger partial charge >= 0.3 is 0 Å². The van der Waals surface area contributed by atoms with Crippen LogP contribution < -0.4 is 0 Å². The van der Waals surface area contributed by atoms with Crippen LogP contribution in [-0.2, 0) is 4.79 Å². The second-order valence-electron chi connectivity index (χ2n) is 8.58. The second kappa shape index (κ2) is 4.21. The Morgan fingerprint density at radius 2 is 2.05 bits per heavy atom. The number of hydrogen-bond donors (Lipinski definition) is 0. The smallest absolute Gasteiger partial charge is 0.133 e. The third kappa shape index (κ3) is 1.64. The summed E-state index contributed by atoms with van der Waals surface area (Å²) in [6.07, 6.45) is 14.7. The van der Waals surface area contributed by atoms with Gasteiger partial charge in [0.2, 0.25) is 0 Å². The average Bonchev–Trinajstić information content (AvgIpc) is 2.81. The Labute approximate surface area is 123 Å². The molecule has 0 bridgehead atoms. The lowest BCUT2D eigenvalue weighted by Gasteiger charge is -2.59. The lowest BCUT2D eigenvalue weighted by atomic mass is 9.48. The third-order valence-electron chi connectivity index (χ3n) is 7.81. The van der Waals surface area contributed by atoms with Crippen LogP contribution in [0.2, 0.25) is 0 Å². The van der Waals surface area contributed by atoms with Gasteiger partial charge in [-0.1, -0.05) is 26.0 Å². The maximum atomic E-state index is 11.8. The highest BCUT2D eigenvalue weighted by atomic mass is 16.1. The minimum Gasteiger partial charge on any atom is -0.300 e. The number of allylic oxidation sites excluding steroid dienone is 2. The van der Waals surface area contributed by atoms with Crippen molar-refractivity contribution in [2.75, 3.05) is 0 Å². The molecule has 0 aromatic heterocycles. The van der Waals surface area contributed by atoms with Gasteiger partial charge in [-0.05, 0) is 73.0 Å². The van der Waals surface area contributed by atoms with Gasteiger partial charge in [0.25, 0.3) is 0 Å². The molecule has 0 radical (unpaired) electrons. The van der Waals surface area contributed by atoms with Gasteiger partial charge in [-0.3, -0.25) is 4.79 Å². The van der Waals surface area contributed by atoms with E-state index >= 15 is 0 Å². The first-order valence-corrected chi connectivity index (χ1v) is 8.72. The van der Waals surface area contributed by atoms with Gasteiger partial charge in [0.15, 0.2) is 0 Å². The van der Waals surface area contributed by atoms with Crippen LogP contribution in [0.25, 0.3) is 0 Å². The monoisotopic (exact) mass is 274 g/mol. The van der Waals surface area contributed by atoms with E-state index in [9.17, 15) is 4.79 Å². The van der Waals surface area contributed by atoms with Crippen molar-refractivity contribution in [1.29, 1.82) is 0 Å². The molecule has 4 rings (SSSR count). The minimum absolute atomic E-state index is 0.473. The number of ketones is 1. The van der Waals surface area contributed by atoms with E-state index < -0.39 is 0 Å². The van der Waals surface area contributed by atoms with Crippen LogP contribution in [0, 0.1) is 34.5 Å². The summed E-state index contributed by atoms with van der Waals surface area (Å²) >= 11 is 0. The van der Waals surface area contributed by atoms with Crippen molar-refractivity contribution in [1.82, 2.24) is 0 Å². The zero-order valence-corrected chi connectivity index (χ0v) is 13.0. The molecular formula is C19H28O. The molecule has 0 unspecified atom stereocenters. The summed E-state index contributed by atoms with van der Waals surface area (Å²) in [6.45, 7) is 5.03. The maximum Gasteiger partial charge on any atom is 0.133 e. The van der Waals surface area contributed by atoms with Crippen molar-refractivity contribution >= 4 is 5.78 Å². The summed E-state index contributed by atoms with van der Waals surface area (Å²) in [6, 6.07) is 0. The summed E-state index contributed by atoms with van der Waals surface area (Å²) in [5.74, 6) is 3.96. The SMILES string of the molecule is C[C@@]12C=CC[C@H]1[C@@H]1CC[C@H]3CC(=O)CC[C@]3([14CH3])[C@H]1CC2. The van der Waals surface area contributed by atoms with E-state index in [2.05, 4.69) is 26.0 Å². The van der Waals surface area contributed by atoms with Crippen LogP contribution in [0.1, 0.15) is 65.2 Å². The van der Waals surface area contributed by atoms with Crippen LogP contribution >= 0.6 is 0 Å². The molecular weight excluding hydrogens is 246 g/mol. The fraction of sp³-hybridized carbons (Fsp3) is 0.842. The molecule has 0 aromatic carbocycles. The molecule has 1 nitrogen and oxygen atoms in total. The number of carbonyl (C=O) groups is 1. The molecule has 110 valence electrons. The van der Waals surface area contributed by atoms with E-state index in [0.717, 1.165) is 30.6 Å². The van der Waals surface area contributed by atoms with E-state index in [1.54, 1.807) is 0 Å². The van der Waals surface area contributed by atoms with Gasteiger partial charge in [0, 0.05) is 12.8 Å². The summed E-state index contributed by atoms with van der Waals surface area (Å²) in [7, 11) is 0. The zero-order chi connectivity index (χ0) is 14.0. The molecule has 20 heavy (non-hydrogen) atoms. The van der Waals surface area contributed by atoms with Crippen LogP contribution in [0.5, 0.6) is 0 Å². The zero-order valence-electron chi connectivity index (χ0n) is 13.0. The molecule has 3 fully saturated rings. The molecule has 3 saturated carbocycles. The van der Waals surface area contributed by atoms with Gasteiger partial charge in [-0.15, -0.1) is 0 Å². The van der Waals surface area contributed by atoms with Crippen molar-refractivity contribution < 1.29 is 4.79 Å². The highest BCUT2D eigenvalue weighted by molar-refractivity contribution is 5.79. The molecule has 0 spiro atoms. The van der Waals surface area contributed by atoms with Crippen molar-refractivity contribution in [2.24, 2.45) is 34.5 Å². The molecule has 0 N–H and O–H groups in total. The van der Waals surface area contributed by atoms with Crippen LogP contribution in [-0.4, -0.2) is 5.78 Å². The number of carbonyl (C=O) groups excluding carboxylic acids is 1. The van der Waals surface area contributed by atoms with Gasteiger partial charge in [0.1, 0.15) is 5.78 Å². The predicted molar refractivity (Wildman–Crippen MR) is 81.3 cm³/mol. The van der Waals surface area contributed by atoms with E-state index in [4.69, 9.17) is 0 Å². The lowest BCUT2D eigenvalue weighted by Crippen LogP contribution is -2.52. The highest BCUT2D eigenvalue weighted by Gasteiger charge is 2.56. The summed E-state index contributed by atoms with van der Waals surface area (Å²) in [4.78, 5) is 11.8. The van der Waals surface area contributed by atoms with Crippen LogP contribution in [0.4, 0.5) is 0 Å². The Kier molecular flexibility index (Phi) is 2.76. The molecule has 4 aliphatic carbocycles. The van der Waals surface area contributed by atoms with E-state index in [-0.39, 0.29) is 0 Å². The Bertz CT molecular complexity index is 464. The summed E-state index contributed by atoms with van der Waals surface area (Å²) < 4.78 is 0. The fourth-order valence-corrected chi connectivity index (χ4v) is 6.53. The van der Waals surface area contributed by atoms with E-state index in [1.807, 2.05) is 0 Å². The van der Waals surface area contributed by atoms with Crippen molar-refractivity contribution in [3.63, 3.8) is 0 Å². The number of rotatable bonds is 0. The molecule has 1 heteroatoms. The maximum absolute atomic E-state index is 11.8.